The van der Waals surface area contributed by atoms with Crippen LogP contribution in [-0.2, 0) is 0 Å². The standard InChI is InChI=1S/C18H14N4O2/c1-23-12-5-2-4-11(8-12)13-9-14(15-6-3-7-24-15)22-18-16(13)17(19)20-10-21-18/h2-10H,1H3,(H2,19,20,21,22). The summed E-state index contributed by atoms with van der Waals surface area (Å²) in [6.45, 7) is 0. The Labute approximate surface area is 137 Å². The van der Waals surface area contributed by atoms with Gasteiger partial charge in [0.05, 0.1) is 18.8 Å². The van der Waals surface area contributed by atoms with E-state index in [9.17, 15) is 0 Å². The molecule has 0 aliphatic heterocycles. The highest BCUT2D eigenvalue weighted by Crippen LogP contribution is 2.34. The van der Waals surface area contributed by atoms with Gasteiger partial charge in [0.25, 0.3) is 0 Å². The Morgan fingerprint density at radius 2 is 2.00 bits per heavy atom. The number of hydrogen-bond acceptors (Lipinski definition) is 6. The van der Waals surface area contributed by atoms with Crippen molar-refractivity contribution < 1.29 is 9.15 Å². The van der Waals surface area contributed by atoms with Crippen molar-refractivity contribution in [2.45, 2.75) is 0 Å². The zero-order chi connectivity index (χ0) is 16.5. The van der Waals surface area contributed by atoms with Crippen molar-refractivity contribution in [3.8, 4) is 28.3 Å². The first-order valence-electron chi connectivity index (χ1n) is 7.36. The highest BCUT2D eigenvalue weighted by atomic mass is 16.5. The van der Waals surface area contributed by atoms with Gasteiger partial charge in [-0.25, -0.2) is 15.0 Å². The van der Waals surface area contributed by atoms with Crippen LogP contribution in [0.2, 0.25) is 0 Å². The van der Waals surface area contributed by atoms with E-state index in [1.54, 1.807) is 13.4 Å². The van der Waals surface area contributed by atoms with Crippen molar-refractivity contribution in [3.05, 3.63) is 55.1 Å². The molecule has 0 saturated heterocycles. The summed E-state index contributed by atoms with van der Waals surface area (Å²) in [6.07, 6.45) is 3.02. The lowest BCUT2D eigenvalue weighted by Crippen LogP contribution is -1.98. The molecule has 6 heteroatoms. The summed E-state index contributed by atoms with van der Waals surface area (Å²) in [5.41, 5.74) is 9.11. The third-order valence-corrected chi connectivity index (χ3v) is 3.79. The van der Waals surface area contributed by atoms with Crippen molar-refractivity contribution >= 4 is 16.9 Å². The molecule has 4 rings (SSSR count). The van der Waals surface area contributed by atoms with Gasteiger partial charge in [-0.1, -0.05) is 12.1 Å². The first-order valence-corrected chi connectivity index (χ1v) is 7.36. The normalized spacial score (nSPS) is 10.9. The molecule has 0 spiro atoms. The number of nitrogen functional groups attached to an aromatic ring is 1. The van der Waals surface area contributed by atoms with Crippen LogP contribution in [0.25, 0.3) is 33.6 Å². The number of benzene rings is 1. The summed E-state index contributed by atoms with van der Waals surface area (Å²) in [5, 5.41) is 0.709. The van der Waals surface area contributed by atoms with Crippen molar-refractivity contribution in [1.29, 1.82) is 0 Å². The van der Waals surface area contributed by atoms with E-state index in [2.05, 4.69) is 15.0 Å². The van der Waals surface area contributed by atoms with Crippen molar-refractivity contribution in [3.63, 3.8) is 0 Å². The molecule has 1 aromatic carbocycles. The molecule has 0 bridgehead atoms. The Kier molecular flexibility index (Phi) is 3.35. The van der Waals surface area contributed by atoms with Gasteiger partial charge in [0.2, 0.25) is 0 Å². The Balaban J connectivity index is 2.04. The molecule has 0 saturated carbocycles. The lowest BCUT2D eigenvalue weighted by atomic mass is 10.0. The zero-order valence-electron chi connectivity index (χ0n) is 12.9. The number of aromatic nitrogens is 3. The minimum Gasteiger partial charge on any atom is -0.497 e. The molecule has 0 fully saturated rings. The molecule has 0 amide bonds. The van der Waals surface area contributed by atoms with E-state index in [0.29, 0.717) is 28.3 Å². The first kappa shape index (κ1) is 14.2. The van der Waals surface area contributed by atoms with Gasteiger partial charge in [-0.3, -0.25) is 0 Å². The number of nitrogens with zero attached hydrogens (tertiary/aromatic N) is 3. The van der Waals surface area contributed by atoms with Gasteiger partial charge in [-0.15, -0.1) is 0 Å². The third-order valence-electron chi connectivity index (χ3n) is 3.79. The number of hydrogen-bond donors (Lipinski definition) is 1. The summed E-state index contributed by atoms with van der Waals surface area (Å²) in [5.74, 6) is 1.81. The van der Waals surface area contributed by atoms with Gasteiger partial charge in [-0.2, -0.15) is 0 Å². The Morgan fingerprint density at radius 3 is 2.79 bits per heavy atom. The zero-order valence-corrected chi connectivity index (χ0v) is 12.9. The summed E-state index contributed by atoms with van der Waals surface area (Å²) in [4.78, 5) is 12.9. The maximum absolute atomic E-state index is 6.09. The molecule has 0 atom stereocenters. The molecule has 0 aliphatic carbocycles. The third kappa shape index (κ3) is 2.34. The molecule has 3 heterocycles. The second kappa shape index (κ2) is 5.66. The summed E-state index contributed by atoms with van der Waals surface area (Å²) < 4.78 is 10.8. The van der Waals surface area contributed by atoms with Crippen LogP contribution >= 0.6 is 0 Å². The second-order valence-corrected chi connectivity index (χ2v) is 5.22. The van der Waals surface area contributed by atoms with Crippen LogP contribution in [0.4, 0.5) is 5.82 Å². The molecule has 2 N–H and O–H groups in total. The topological polar surface area (TPSA) is 87.1 Å². The molecule has 6 nitrogen and oxygen atoms in total. The fraction of sp³-hybridized carbons (Fsp3) is 0.0556. The molecule has 0 radical (unpaired) electrons. The summed E-state index contributed by atoms with van der Waals surface area (Å²) in [7, 11) is 1.63. The smallest absolute Gasteiger partial charge is 0.166 e. The number of furan rings is 1. The number of nitrogens with two attached hydrogens (primary N) is 1. The summed E-state index contributed by atoms with van der Waals surface area (Å²) >= 11 is 0. The largest absolute Gasteiger partial charge is 0.497 e. The van der Waals surface area contributed by atoms with E-state index >= 15 is 0 Å². The van der Waals surface area contributed by atoms with E-state index in [4.69, 9.17) is 14.9 Å². The Morgan fingerprint density at radius 1 is 1.08 bits per heavy atom. The predicted molar refractivity (Wildman–Crippen MR) is 91.4 cm³/mol. The van der Waals surface area contributed by atoms with E-state index in [0.717, 1.165) is 16.9 Å². The lowest BCUT2D eigenvalue weighted by molar-refractivity contribution is 0.415. The Bertz CT molecular complexity index is 1010. The van der Waals surface area contributed by atoms with Crippen LogP contribution in [0.5, 0.6) is 5.75 Å². The molecule has 24 heavy (non-hydrogen) atoms. The predicted octanol–water partition coefficient (Wildman–Crippen LogP) is 3.54. The maximum atomic E-state index is 6.09. The number of ether oxygens (including phenoxy) is 1. The quantitative estimate of drug-likeness (QED) is 0.621. The van der Waals surface area contributed by atoms with Crippen LogP contribution in [0.3, 0.4) is 0 Å². The Hall–Kier alpha value is -3.41. The minimum absolute atomic E-state index is 0.385. The number of rotatable bonds is 3. The average molecular weight is 318 g/mol. The highest BCUT2D eigenvalue weighted by molar-refractivity contribution is 6.00. The number of pyridine rings is 1. The maximum Gasteiger partial charge on any atom is 0.166 e. The fourth-order valence-electron chi connectivity index (χ4n) is 2.66. The highest BCUT2D eigenvalue weighted by Gasteiger charge is 2.15. The molecule has 3 aromatic heterocycles. The molecular formula is C18H14N4O2. The van der Waals surface area contributed by atoms with E-state index in [-0.39, 0.29) is 0 Å². The van der Waals surface area contributed by atoms with Gasteiger partial charge in [0, 0.05) is 0 Å². The van der Waals surface area contributed by atoms with Crippen molar-refractivity contribution in [2.75, 3.05) is 12.8 Å². The molecule has 0 unspecified atom stereocenters. The van der Waals surface area contributed by atoms with Crippen LogP contribution in [0, 0.1) is 0 Å². The van der Waals surface area contributed by atoms with E-state index < -0.39 is 0 Å². The van der Waals surface area contributed by atoms with Crippen LogP contribution in [0.1, 0.15) is 0 Å². The average Bonchev–Trinajstić information content (AvgIpc) is 3.16. The van der Waals surface area contributed by atoms with E-state index in [1.807, 2.05) is 42.5 Å². The van der Waals surface area contributed by atoms with Crippen molar-refractivity contribution in [1.82, 2.24) is 15.0 Å². The molecule has 118 valence electrons. The number of anilines is 1. The molecule has 0 aliphatic rings. The number of methoxy groups -OCH3 is 1. The molecular weight excluding hydrogens is 304 g/mol. The summed E-state index contributed by atoms with van der Waals surface area (Å²) in [6, 6.07) is 13.3. The van der Waals surface area contributed by atoms with Gasteiger partial charge in [0.15, 0.2) is 11.4 Å². The van der Waals surface area contributed by atoms with Gasteiger partial charge in [-0.05, 0) is 41.5 Å². The SMILES string of the molecule is COc1cccc(-c2cc(-c3ccco3)nc3ncnc(N)c23)c1. The van der Waals surface area contributed by atoms with Crippen LogP contribution in [0.15, 0.2) is 59.5 Å². The van der Waals surface area contributed by atoms with E-state index in [1.165, 1.54) is 6.33 Å². The van der Waals surface area contributed by atoms with Crippen LogP contribution in [-0.4, -0.2) is 22.1 Å². The lowest BCUT2D eigenvalue weighted by Gasteiger charge is -2.11. The number of fused-ring (bicyclic) bond motifs is 1. The molecule has 4 aromatic rings. The van der Waals surface area contributed by atoms with Gasteiger partial charge < -0.3 is 14.9 Å². The van der Waals surface area contributed by atoms with Crippen molar-refractivity contribution in [2.24, 2.45) is 0 Å². The fourth-order valence-corrected chi connectivity index (χ4v) is 2.66. The van der Waals surface area contributed by atoms with Crippen LogP contribution < -0.4 is 10.5 Å². The first-order chi connectivity index (χ1) is 11.8. The second-order valence-electron chi connectivity index (χ2n) is 5.22. The van der Waals surface area contributed by atoms with Gasteiger partial charge >= 0.3 is 0 Å². The minimum atomic E-state index is 0.385. The van der Waals surface area contributed by atoms with Gasteiger partial charge in [0.1, 0.15) is 23.6 Å². The monoisotopic (exact) mass is 318 g/mol.